The number of fused-ring (bicyclic) bond motifs is 12. The van der Waals surface area contributed by atoms with E-state index in [4.69, 9.17) is 12.8 Å². The van der Waals surface area contributed by atoms with Crippen molar-refractivity contribution in [3.8, 4) is 46.9 Å². The highest BCUT2D eigenvalue weighted by atomic mass is 15.0. The first-order chi connectivity index (χ1) is 25.7. The molecule has 2 heterocycles. The van der Waals surface area contributed by atoms with E-state index in [0.717, 1.165) is 12.8 Å². The van der Waals surface area contributed by atoms with Crippen molar-refractivity contribution in [1.29, 1.82) is 0 Å². The number of hydrogen-bond acceptors (Lipinski definition) is 0. The van der Waals surface area contributed by atoms with E-state index in [2.05, 4.69) is 154 Å². The smallest absolute Gasteiger partial charge is 0.0838 e. The lowest BCUT2D eigenvalue weighted by atomic mass is 9.71. The summed E-state index contributed by atoms with van der Waals surface area (Å²) >= 11 is 0. The molecule has 3 aliphatic carbocycles. The number of nitrogens with zero attached hydrogens (tertiary/aromatic N) is 2. The van der Waals surface area contributed by atoms with Gasteiger partial charge in [0.15, 0.2) is 0 Å². The van der Waals surface area contributed by atoms with Crippen LogP contribution in [0.2, 0.25) is 0 Å². The van der Waals surface area contributed by atoms with E-state index >= 15 is 0 Å². The number of benzene rings is 6. The average Bonchev–Trinajstić information content (AvgIpc) is 3.92. The maximum absolute atomic E-state index is 6.23. The molecule has 6 aromatic carbocycles. The number of terminal acetylenes is 2. The van der Waals surface area contributed by atoms with Crippen molar-refractivity contribution in [2.75, 3.05) is 0 Å². The molecule has 0 aliphatic heterocycles. The SMILES string of the molecule is C#CCn1c2c(c3ccccc31)C(c1ccc3c(c1)Cc1ccccc1-3)c1c(c3ccccc3n1CC#C)C2c1ccc2c(c1)Cc1ccccc1-2. The van der Waals surface area contributed by atoms with E-state index in [1.54, 1.807) is 0 Å². The Morgan fingerprint density at radius 3 is 1.33 bits per heavy atom. The molecule has 2 nitrogen and oxygen atoms in total. The third-order valence-corrected chi connectivity index (χ3v) is 12.0. The highest BCUT2D eigenvalue weighted by Crippen LogP contribution is 2.56. The van der Waals surface area contributed by atoms with Crippen LogP contribution in [-0.2, 0) is 25.9 Å². The average molecular weight is 663 g/mol. The summed E-state index contributed by atoms with van der Waals surface area (Å²) in [5.74, 6) is 6.02. The first kappa shape index (κ1) is 29.3. The van der Waals surface area contributed by atoms with Crippen molar-refractivity contribution in [1.82, 2.24) is 9.13 Å². The van der Waals surface area contributed by atoms with Crippen LogP contribution in [0, 0.1) is 24.7 Å². The molecule has 0 saturated carbocycles. The highest BCUT2D eigenvalue weighted by molar-refractivity contribution is 5.95. The topological polar surface area (TPSA) is 9.86 Å². The maximum atomic E-state index is 6.23. The first-order valence-corrected chi connectivity index (χ1v) is 18.2. The van der Waals surface area contributed by atoms with E-state index in [0.29, 0.717) is 13.1 Å². The number of rotatable bonds is 4. The van der Waals surface area contributed by atoms with Gasteiger partial charge in [0.2, 0.25) is 0 Å². The molecular weight excluding hydrogens is 629 g/mol. The minimum absolute atomic E-state index is 0.0429. The van der Waals surface area contributed by atoms with Crippen molar-refractivity contribution in [3.63, 3.8) is 0 Å². The van der Waals surface area contributed by atoms with Crippen LogP contribution in [0.15, 0.2) is 133 Å². The molecule has 0 bridgehead atoms. The fourth-order valence-corrected chi connectivity index (χ4v) is 10.1. The number of aromatic nitrogens is 2. The Morgan fingerprint density at radius 1 is 0.462 bits per heavy atom. The van der Waals surface area contributed by atoms with Gasteiger partial charge < -0.3 is 9.13 Å². The predicted octanol–water partition coefficient (Wildman–Crippen LogP) is 10.7. The molecule has 2 unspecified atom stereocenters. The summed E-state index contributed by atoms with van der Waals surface area (Å²) in [6.07, 6.45) is 14.3. The minimum Gasteiger partial charge on any atom is -0.332 e. The van der Waals surface area contributed by atoms with E-state index in [1.807, 2.05) is 0 Å². The molecule has 2 atom stereocenters. The third-order valence-electron chi connectivity index (χ3n) is 12.0. The Balaban J connectivity index is 1.24. The van der Waals surface area contributed by atoms with E-state index in [1.165, 1.54) is 100.0 Å². The van der Waals surface area contributed by atoms with Crippen molar-refractivity contribution >= 4 is 21.8 Å². The van der Waals surface area contributed by atoms with Crippen LogP contribution in [0.1, 0.15) is 67.7 Å². The lowest BCUT2D eigenvalue weighted by Crippen LogP contribution is -2.24. The van der Waals surface area contributed by atoms with Gasteiger partial charge in [-0.25, -0.2) is 0 Å². The fourth-order valence-electron chi connectivity index (χ4n) is 10.1. The zero-order chi connectivity index (χ0) is 34.5. The molecule has 244 valence electrons. The molecule has 11 rings (SSSR count). The Morgan fingerprint density at radius 2 is 0.865 bits per heavy atom. The van der Waals surface area contributed by atoms with Gasteiger partial charge >= 0.3 is 0 Å². The first-order valence-electron chi connectivity index (χ1n) is 18.2. The van der Waals surface area contributed by atoms with E-state index in [-0.39, 0.29) is 11.8 Å². The van der Waals surface area contributed by atoms with Gasteiger partial charge in [-0.05, 0) is 91.7 Å². The quantitative estimate of drug-likeness (QED) is 0.166. The second-order valence-corrected chi connectivity index (χ2v) is 14.6. The van der Waals surface area contributed by atoms with Gasteiger partial charge in [0, 0.05) is 33.2 Å². The van der Waals surface area contributed by atoms with Crippen molar-refractivity contribution in [2.24, 2.45) is 0 Å². The second kappa shape index (κ2) is 11.0. The molecule has 8 aromatic rings. The molecule has 0 fully saturated rings. The largest absolute Gasteiger partial charge is 0.332 e. The van der Waals surface area contributed by atoms with Crippen LogP contribution in [0.3, 0.4) is 0 Å². The summed E-state index contributed by atoms with van der Waals surface area (Å²) in [7, 11) is 0. The third kappa shape index (κ3) is 3.93. The number of hydrogen-bond donors (Lipinski definition) is 0. The summed E-state index contributed by atoms with van der Waals surface area (Å²) in [5, 5.41) is 2.51. The monoisotopic (exact) mass is 662 g/mol. The normalized spacial score (nSPS) is 16.0. The van der Waals surface area contributed by atoms with Gasteiger partial charge in [-0.15, -0.1) is 12.8 Å². The maximum Gasteiger partial charge on any atom is 0.0838 e. The molecule has 0 N–H and O–H groups in total. The van der Waals surface area contributed by atoms with Crippen molar-refractivity contribution in [3.05, 3.63) is 189 Å². The standard InChI is InChI=1S/C50H34N2/c1-3-25-51-43-19-11-9-17-41(43)47-46(34-22-24-40-36(30-34)28-32-14-6-8-16-38(32)40)50-48(42-18-10-12-20-44(42)52(50)26-4-2)45(49(47)51)33-21-23-39-35(29-33)27-31-13-5-7-15-37(31)39/h1-2,5-24,29-30,45-46H,25-28H2. The zero-order valence-corrected chi connectivity index (χ0v) is 28.7. The molecule has 0 amide bonds. The van der Waals surface area contributed by atoms with Crippen LogP contribution < -0.4 is 0 Å². The molecule has 0 radical (unpaired) electrons. The number of para-hydroxylation sites is 2. The summed E-state index contributed by atoms with van der Waals surface area (Å²) < 4.78 is 4.87. The van der Waals surface area contributed by atoms with Crippen molar-refractivity contribution < 1.29 is 0 Å². The van der Waals surface area contributed by atoms with Gasteiger partial charge in [-0.1, -0.05) is 133 Å². The van der Waals surface area contributed by atoms with Gasteiger partial charge in [-0.2, -0.15) is 0 Å². The van der Waals surface area contributed by atoms with E-state index < -0.39 is 0 Å². The van der Waals surface area contributed by atoms with Crippen LogP contribution in [-0.4, -0.2) is 9.13 Å². The second-order valence-electron chi connectivity index (χ2n) is 14.6. The molecule has 52 heavy (non-hydrogen) atoms. The van der Waals surface area contributed by atoms with Gasteiger partial charge in [0.05, 0.1) is 24.9 Å². The Kier molecular flexibility index (Phi) is 6.20. The van der Waals surface area contributed by atoms with Gasteiger partial charge in [0.25, 0.3) is 0 Å². The highest BCUT2D eigenvalue weighted by Gasteiger charge is 2.43. The lowest BCUT2D eigenvalue weighted by Gasteiger charge is -2.34. The van der Waals surface area contributed by atoms with Crippen molar-refractivity contribution in [2.45, 2.75) is 37.8 Å². The van der Waals surface area contributed by atoms with Crippen LogP contribution >= 0.6 is 0 Å². The van der Waals surface area contributed by atoms with Gasteiger partial charge in [-0.3, -0.25) is 0 Å². The summed E-state index contributed by atoms with van der Waals surface area (Å²) in [6.45, 7) is 0.987. The van der Waals surface area contributed by atoms with Gasteiger partial charge in [0.1, 0.15) is 0 Å². The van der Waals surface area contributed by atoms with E-state index in [9.17, 15) is 0 Å². The lowest BCUT2D eigenvalue weighted by molar-refractivity contribution is 0.687. The fraction of sp³-hybridized carbons (Fsp3) is 0.120. The van der Waals surface area contributed by atoms with Crippen LogP contribution in [0.25, 0.3) is 44.1 Å². The predicted molar refractivity (Wildman–Crippen MR) is 213 cm³/mol. The summed E-state index contributed by atoms with van der Waals surface area (Å²) in [5.41, 5.74) is 21.1. The molecule has 0 saturated heterocycles. The molecule has 3 aliphatic rings. The molecular formula is C50H34N2. The molecule has 0 spiro atoms. The van der Waals surface area contributed by atoms with Crippen LogP contribution in [0.5, 0.6) is 0 Å². The zero-order valence-electron chi connectivity index (χ0n) is 28.7. The summed E-state index contributed by atoms with van der Waals surface area (Å²) in [4.78, 5) is 0. The van der Waals surface area contributed by atoms with Crippen LogP contribution in [0.4, 0.5) is 0 Å². The Hall–Kier alpha value is -6.48. The Bertz CT molecular complexity index is 2700. The molecule has 2 aromatic heterocycles. The molecule has 2 heteroatoms. The summed E-state index contributed by atoms with van der Waals surface area (Å²) in [6, 6.07) is 49.8. The Labute approximate surface area is 304 Å². The minimum atomic E-state index is -0.0429.